The van der Waals surface area contributed by atoms with Crippen LogP contribution in [0.2, 0.25) is 0 Å². The third-order valence-corrected chi connectivity index (χ3v) is 7.21. The van der Waals surface area contributed by atoms with Gasteiger partial charge in [-0.1, -0.05) is 30.3 Å². The highest BCUT2D eigenvalue weighted by atomic mass is 32.2. The largest absolute Gasteiger partial charge is 0.314 e. The molecular formula is C21H27N3O3S. The third kappa shape index (κ3) is 4.43. The normalized spacial score (nSPS) is 16.1. The molecule has 0 bridgehead atoms. The quantitative estimate of drug-likeness (QED) is 0.771. The van der Waals surface area contributed by atoms with Crippen LogP contribution in [-0.2, 0) is 14.8 Å². The molecule has 6 nitrogen and oxygen atoms in total. The fourth-order valence-corrected chi connectivity index (χ4v) is 5.08. The molecule has 0 N–H and O–H groups in total. The molecule has 7 heteroatoms. The smallest absolute Gasteiger partial charge is 0.243 e. The monoisotopic (exact) mass is 401 g/mol. The summed E-state index contributed by atoms with van der Waals surface area (Å²) in [6.45, 7) is 5.85. The first-order valence-corrected chi connectivity index (χ1v) is 10.8. The number of likely N-dealkylation sites (N-methyl/N-ethyl adjacent to an activating group) is 1. The maximum Gasteiger partial charge on any atom is 0.243 e. The summed E-state index contributed by atoms with van der Waals surface area (Å²) >= 11 is 0. The van der Waals surface area contributed by atoms with Crippen molar-refractivity contribution in [2.24, 2.45) is 0 Å². The van der Waals surface area contributed by atoms with Crippen LogP contribution in [0.15, 0.2) is 53.4 Å². The van der Waals surface area contributed by atoms with Crippen molar-refractivity contribution in [3.63, 3.8) is 0 Å². The van der Waals surface area contributed by atoms with Crippen LogP contribution >= 0.6 is 0 Å². The van der Waals surface area contributed by atoms with Gasteiger partial charge in [0.25, 0.3) is 0 Å². The maximum absolute atomic E-state index is 13.0. The molecule has 2 aromatic carbocycles. The standard InChI is InChI=1S/C21H27N3O3S/c1-17-9-10-18(2)20(15-17)28(26,27)24-13-11-23(12-14-24)16-21(25)22(3)19-7-5-4-6-8-19/h4-10,15H,11-14,16H2,1-3H3. The number of aryl methyl sites for hydroxylation is 2. The van der Waals surface area contributed by atoms with Crippen LogP contribution in [0.25, 0.3) is 0 Å². The molecule has 1 aliphatic rings. The number of nitrogens with zero attached hydrogens (tertiary/aromatic N) is 3. The molecule has 150 valence electrons. The van der Waals surface area contributed by atoms with Crippen LogP contribution in [0.1, 0.15) is 11.1 Å². The Kier molecular flexibility index (Phi) is 6.17. The van der Waals surface area contributed by atoms with Crippen molar-refractivity contribution < 1.29 is 13.2 Å². The number of amides is 1. The molecule has 0 spiro atoms. The Morgan fingerprint density at radius 3 is 2.29 bits per heavy atom. The first-order chi connectivity index (χ1) is 13.3. The van der Waals surface area contributed by atoms with Gasteiger partial charge in [-0.25, -0.2) is 8.42 Å². The van der Waals surface area contributed by atoms with Crippen molar-refractivity contribution >= 4 is 21.6 Å². The van der Waals surface area contributed by atoms with Crippen molar-refractivity contribution in [2.75, 3.05) is 44.7 Å². The lowest BCUT2D eigenvalue weighted by Gasteiger charge is -2.34. The number of carbonyl (C=O) groups excluding carboxylic acids is 1. The van der Waals surface area contributed by atoms with E-state index in [2.05, 4.69) is 0 Å². The Morgan fingerprint density at radius 2 is 1.64 bits per heavy atom. The van der Waals surface area contributed by atoms with Gasteiger partial charge in [0, 0.05) is 38.9 Å². The van der Waals surface area contributed by atoms with E-state index in [1.165, 1.54) is 4.31 Å². The van der Waals surface area contributed by atoms with Crippen LogP contribution in [0.4, 0.5) is 5.69 Å². The fraction of sp³-hybridized carbons (Fsp3) is 0.381. The zero-order chi connectivity index (χ0) is 20.3. The van der Waals surface area contributed by atoms with Crippen molar-refractivity contribution in [3.8, 4) is 0 Å². The fourth-order valence-electron chi connectivity index (χ4n) is 3.35. The highest BCUT2D eigenvalue weighted by molar-refractivity contribution is 7.89. The summed E-state index contributed by atoms with van der Waals surface area (Å²) in [4.78, 5) is 16.6. The van der Waals surface area contributed by atoms with Crippen molar-refractivity contribution in [2.45, 2.75) is 18.7 Å². The second kappa shape index (κ2) is 8.43. The van der Waals surface area contributed by atoms with E-state index in [-0.39, 0.29) is 12.5 Å². The summed E-state index contributed by atoms with van der Waals surface area (Å²) in [6.07, 6.45) is 0. The molecular weight excluding hydrogens is 374 g/mol. The average molecular weight is 402 g/mol. The van der Waals surface area contributed by atoms with Gasteiger partial charge in [-0.05, 0) is 43.2 Å². The molecule has 1 aliphatic heterocycles. The number of carbonyl (C=O) groups is 1. The summed E-state index contributed by atoms with van der Waals surface area (Å²) < 4.78 is 27.6. The SMILES string of the molecule is Cc1ccc(C)c(S(=O)(=O)N2CCN(CC(=O)N(C)c3ccccc3)CC2)c1. The topological polar surface area (TPSA) is 60.9 Å². The van der Waals surface area contributed by atoms with E-state index in [0.29, 0.717) is 31.1 Å². The molecule has 1 fully saturated rings. The van der Waals surface area contributed by atoms with E-state index >= 15 is 0 Å². The molecule has 0 unspecified atom stereocenters. The zero-order valence-corrected chi connectivity index (χ0v) is 17.4. The lowest BCUT2D eigenvalue weighted by atomic mass is 10.2. The Bertz CT molecular complexity index is 937. The van der Waals surface area contributed by atoms with Crippen molar-refractivity contribution in [3.05, 3.63) is 59.7 Å². The number of anilines is 1. The number of rotatable bonds is 5. The predicted molar refractivity (Wildman–Crippen MR) is 111 cm³/mol. The van der Waals surface area contributed by atoms with Crippen LogP contribution in [0.5, 0.6) is 0 Å². The first-order valence-electron chi connectivity index (χ1n) is 9.40. The van der Waals surface area contributed by atoms with E-state index in [1.807, 2.05) is 61.2 Å². The number of hydrogen-bond acceptors (Lipinski definition) is 4. The summed E-state index contributed by atoms with van der Waals surface area (Å²) in [5, 5.41) is 0. The Morgan fingerprint density at radius 1 is 1.00 bits per heavy atom. The van der Waals surface area contributed by atoms with Gasteiger partial charge in [-0.15, -0.1) is 0 Å². The van der Waals surface area contributed by atoms with Crippen LogP contribution in [0, 0.1) is 13.8 Å². The first kappa shape index (κ1) is 20.5. The molecule has 0 aromatic heterocycles. The van der Waals surface area contributed by atoms with E-state index in [9.17, 15) is 13.2 Å². The second-order valence-corrected chi connectivity index (χ2v) is 9.14. The van der Waals surface area contributed by atoms with Gasteiger partial charge >= 0.3 is 0 Å². The van der Waals surface area contributed by atoms with Crippen LogP contribution < -0.4 is 4.90 Å². The van der Waals surface area contributed by atoms with Crippen LogP contribution in [0.3, 0.4) is 0 Å². The molecule has 2 aromatic rings. The highest BCUT2D eigenvalue weighted by Crippen LogP contribution is 2.22. The molecule has 1 amide bonds. The summed E-state index contributed by atoms with van der Waals surface area (Å²) in [5.74, 6) is -0.00274. The summed E-state index contributed by atoms with van der Waals surface area (Å²) in [7, 11) is -1.75. The third-order valence-electron chi connectivity index (χ3n) is 5.17. The Hall–Kier alpha value is -2.22. The molecule has 28 heavy (non-hydrogen) atoms. The number of sulfonamides is 1. The summed E-state index contributed by atoms with van der Waals surface area (Å²) in [6, 6.07) is 15.0. The molecule has 3 rings (SSSR count). The van der Waals surface area contributed by atoms with E-state index in [4.69, 9.17) is 0 Å². The number of piperazine rings is 1. The molecule has 0 radical (unpaired) electrons. The van der Waals surface area contributed by atoms with Gasteiger partial charge in [0.1, 0.15) is 0 Å². The number of hydrogen-bond donors (Lipinski definition) is 0. The lowest BCUT2D eigenvalue weighted by Crippen LogP contribution is -2.51. The Labute approximate surface area is 167 Å². The van der Waals surface area contributed by atoms with Gasteiger partial charge in [0.05, 0.1) is 11.4 Å². The van der Waals surface area contributed by atoms with Gasteiger partial charge < -0.3 is 4.90 Å². The van der Waals surface area contributed by atoms with E-state index in [0.717, 1.165) is 16.8 Å². The molecule has 0 saturated carbocycles. The number of para-hydroxylation sites is 1. The minimum absolute atomic E-state index is 0.00274. The summed E-state index contributed by atoms with van der Waals surface area (Å²) in [5.41, 5.74) is 2.54. The van der Waals surface area contributed by atoms with E-state index in [1.54, 1.807) is 18.0 Å². The Balaban J connectivity index is 1.61. The van der Waals surface area contributed by atoms with Crippen molar-refractivity contribution in [1.29, 1.82) is 0 Å². The molecule has 1 saturated heterocycles. The maximum atomic E-state index is 13.0. The van der Waals surface area contributed by atoms with Gasteiger partial charge in [0.2, 0.25) is 15.9 Å². The van der Waals surface area contributed by atoms with Gasteiger partial charge in [-0.3, -0.25) is 9.69 Å². The molecule has 0 aliphatic carbocycles. The molecule has 1 heterocycles. The van der Waals surface area contributed by atoms with Gasteiger partial charge in [0.15, 0.2) is 0 Å². The van der Waals surface area contributed by atoms with Gasteiger partial charge in [-0.2, -0.15) is 4.31 Å². The minimum atomic E-state index is -3.52. The average Bonchev–Trinajstić information content (AvgIpc) is 2.70. The zero-order valence-electron chi connectivity index (χ0n) is 16.6. The van der Waals surface area contributed by atoms with Crippen molar-refractivity contribution in [1.82, 2.24) is 9.21 Å². The predicted octanol–water partition coefficient (Wildman–Crippen LogP) is 2.27. The highest BCUT2D eigenvalue weighted by Gasteiger charge is 2.30. The molecule has 0 atom stereocenters. The lowest BCUT2D eigenvalue weighted by molar-refractivity contribution is -0.119. The second-order valence-electron chi connectivity index (χ2n) is 7.24. The minimum Gasteiger partial charge on any atom is -0.314 e. The van der Waals surface area contributed by atoms with E-state index < -0.39 is 10.0 Å². The number of benzene rings is 2. The van der Waals surface area contributed by atoms with Crippen LogP contribution in [-0.4, -0.2) is 63.3 Å².